The maximum absolute atomic E-state index is 8.68. The summed E-state index contributed by atoms with van der Waals surface area (Å²) in [5.41, 5.74) is 1.18. The van der Waals surface area contributed by atoms with Gasteiger partial charge in [-0.05, 0) is 25.5 Å². The van der Waals surface area contributed by atoms with E-state index >= 15 is 0 Å². The molecule has 0 fully saturated rings. The predicted octanol–water partition coefficient (Wildman–Crippen LogP) is 3.01. The Morgan fingerprint density at radius 3 is 2.57 bits per heavy atom. The molecule has 0 heterocycles. The van der Waals surface area contributed by atoms with Gasteiger partial charge in [0.25, 0.3) is 0 Å². The first-order chi connectivity index (χ1) is 6.65. The van der Waals surface area contributed by atoms with Crippen molar-refractivity contribution in [2.24, 2.45) is 0 Å². The summed E-state index contributed by atoms with van der Waals surface area (Å²) in [6, 6.07) is 10.2. The molecule has 0 aliphatic heterocycles. The second kappa shape index (κ2) is 5.14. The SMILES string of the molecule is CC(C#N)NC(C)c1ccccc1Br. The topological polar surface area (TPSA) is 35.8 Å². The van der Waals surface area contributed by atoms with E-state index in [-0.39, 0.29) is 12.1 Å². The van der Waals surface area contributed by atoms with Gasteiger partial charge in [0.05, 0.1) is 12.1 Å². The summed E-state index contributed by atoms with van der Waals surface area (Å²) in [4.78, 5) is 0. The van der Waals surface area contributed by atoms with Gasteiger partial charge >= 0.3 is 0 Å². The standard InChI is InChI=1S/C11H13BrN2/c1-8(7-13)14-9(2)10-5-3-4-6-11(10)12/h3-6,8-9,14H,1-2H3. The molecular weight excluding hydrogens is 240 g/mol. The zero-order valence-electron chi connectivity index (χ0n) is 8.29. The Kier molecular flexibility index (Phi) is 4.12. The Morgan fingerprint density at radius 1 is 1.36 bits per heavy atom. The number of benzene rings is 1. The molecule has 0 radical (unpaired) electrons. The first-order valence-electron chi connectivity index (χ1n) is 4.55. The highest BCUT2D eigenvalue weighted by Crippen LogP contribution is 2.22. The quantitative estimate of drug-likeness (QED) is 0.898. The van der Waals surface area contributed by atoms with Crippen LogP contribution >= 0.6 is 15.9 Å². The van der Waals surface area contributed by atoms with Crippen molar-refractivity contribution in [3.8, 4) is 6.07 Å². The van der Waals surface area contributed by atoms with E-state index in [1.54, 1.807) is 0 Å². The lowest BCUT2D eigenvalue weighted by atomic mass is 10.1. The first-order valence-corrected chi connectivity index (χ1v) is 5.34. The number of rotatable bonds is 3. The van der Waals surface area contributed by atoms with Gasteiger partial charge in [0.1, 0.15) is 0 Å². The van der Waals surface area contributed by atoms with Crippen molar-refractivity contribution in [1.82, 2.24) is 5.32 Å². The van der Waals surface area contributed by atoms with Gasteiger partial charge in [-0.3, -0.25) is 5.32 Å². The van der Waals surface area contributed by atoms with Gasteiger partial charge in [-0.2, -0.15) is 5.26 Å². The summed E-state index contributed by atoms with van der Waals surface area (Å²) in [6.07, 6.45) is 0. The van der Waals surface area contributed by atoms with E-state index < -0.39 is 0 Å². The van der Waals surface area contributed by atoms with E-state index in [9.17, 15) is 0 Å². The van der Waals surface area contributed by atoms with Crippen molar-refractivity contribution in [2.45, 2.75) is 25.9 Å². The van der Waals surface area contributed by atoms with E-state index in [2.05, 4.69) is 27.3 Å². The molecule has 0 aliphatic carbocycles. The third kappa shape index (κ3) is 2.83. The van der Waals surface area contributed by atoms with E-state index in [0.29, 0.717) is 0 Å². The smallest absolute Gasteiger partial charge is 0.0929 e. The molecule has 1 aromatic rings. The maximum Gasteiger partial charge on any atom is 0.0929 e. The number of nitrogens with one attached hydrogen (secondary N) is 1. The molecule has 0 saturated heterocycles. The minimum Gasteiger partial charge on any atom is -0.295 e. The summed E-state index contributed by atoms with van der Waals surface area (Å²) < 4.78 is 1.07. The van der Waals surface area contributed by atoms with Gasteiger partial charge in [0.2, 0.25) is 0 Å². The van der Waals surface area contributed by atoms with E-state index in [1.807, 2.05) is 38.1 Å². The highest BCUT2D eigenvalue weighted by atomic mass is 79.9. The normalized spacial score (nSPS) is 14.4. The monoisotopic (exact) mass is 252 g/mol. The Balaban J connectivity index is 2.75. The van der Waals surface area contributed by atoms with Gasteiger partial charge in [-0.25, -0.2) is 0 Å². The molecule has 1 aromatic carbocycles. The van der Waals surface area contributed by atoms with Crippen molar-refractivity contribution in [2.75, 3.05) is 0 Å². The average molecular weight is 253 g/mol. The lowest BCUT2D eigenvalue weighted by Crippen LogP contribution is -2.27. The molecular formula is C11H13BrN2. The van der Waals surface area contributed by atoms with Crippen molar-refractivity contribution in [3.63, 3.8) is 0 Å². The van der Waals surface area contributed by atoms with Crippen LogP contribution in [0.25, 0.3) is 0 Å². The van der Waals surface area contributed by atoms with Crippen molar-refractivity contribution in [3.05, 3.63) is 34.3 Å². The zero-order valence-corrected chi connectivity index (χ0v) is 9.88. The van der Waals surface area contributed by atoms with Crippen LogP contribution in [0.2, 0.25) is 0 Å². The number of hydrogen-bond donors (Lipinski definition) is 1. The molecule has 0 aromatic heterocycles. The van der Waals surface area contributed by atoms with Gasteiger partial charge in [-0.1, -0.05) is 34.1 Å². The third-order valence-electron chi connectivity index (χ3n) is 2.07. The van der Waals surface area contributed by atoms with E-state index in [4.69, 9.17) is 5.26 Å². The molecule has 0 spiro atoms. The second-order valence-electron chi connectivity index (χ2n) is 3.26. The van der Waals surface area contributed by atoms with E-state index in [1.165, 1.54) is 5.56 Å². The fourth-order valence-corrected chi connectivity index (χ4v) is 1.96. The van der Waals surface area contributed by atoms with Gasteiger partial charge < -0.3 is 0 Å². The van der Waals surface area contributed by atoms with Crippen LogP contribution in [0.3, 0.4) is 0 Å². The molecule has 2 unspecified atom stereocenters. The molecule has 0 amide bonds. The Bertz CT molecular complexity index is 343. The Labute approximate surface area is 93.1 Å². The van der Waals surface area contributed by atoms with Crippen LogP contribution < -0.4 is 5.32 Å². The summed E-state index contributed by atoms with van der Waals surface area (Å²) in [5, 5.41) is 11.9. The van der Waals surface area contributed by atoms with Crippen LogP contribution in [-0.4, -0.2) is 6.04 Å². The van der Waals surface area contributed by atoms with Crippen molar-refractivity contribution < 1.29 is 0 Å². The average Bonchev–Trinajstić information content (AvgIpc) is 2.18. The fourth-order valence-electron chi connectivity index (χ4n) is 1.33. The highest BCUT2D eigenvalue weighted by Gasteiger charge is 2.10. The number of hydrogen-bond acceptors (Lipinski definition) is 2. The van der Waals surface area contributed by atoms with Crippen LogP contribution in [0.4, 0.5) is 0 Å². The van der Waals surface area contributed by atoms with Crippen molar-refractivity contribution >= 4 is 15.9 Å². The first kappa shape index (κ1) is 11.2. The Morgan fingerprint density at radius 2 is 2.00 bits per heavy atom. The van der Waals surface area contributed by atoms with Crippen LogP contribution in [0, 0.1) is 11.3 Å². The van der Waals surface area contributed by atoms with E-state index in [0.717, 1.165) is 4.47 Å². The van der Waals surface area contributed by atoms with Gasteiger partial charge in [-0.15, -0.1) is 0 Å². The minimum atomic E-state index is -0.128. The molecule has 3 heteroatoms. The molecule has 74 valence electrons. The molecule has 1 rings (SSSR count). The highest BCUT2D eigenvalue weighted by molar-refractivity contribution is 9.10. The van der Waals surface area contributed by atoms with Gasteiger partial charge in [0, 0.05) is 10.5 Å². The van der Waals surface area contributed by atoms with Crippen LogP contribution in [0.5, 0.6) is 0 Å². The number of nitrogens with zero attached hydrogens (tertiary/aromatic N) is 1. The predicted molar refractivity (Wildman–Crippen MR) is 60.8 cm³/mol. The summed E-state index contributed by atoms with van der Waals surface area (Å²) in [5.74, 6) is 0. The van der Waals surface area contributed by atoms with Crippen LogP contribution in [0.15, 0.2) is 28.7 Å². The molecule has 2 atom stereocenters. The van der Waals surface area contributed by atoms with Crippen LogP contribution in [-0.2, 0) is 0 Å². The van der Waals surface area contributed by atoms with Crippen LogP contribution in [0.1, 0.15) is 25.5 Å². The molecule has 0 saturated carbocycles. The lowest BCUT2D eigenvalue weighted by Gasteiger charge is -2.16. The van der Waals surface area contributed by atoms with Gasteiger partial charge in [0.15, 0.2) is 0 Å². The molecule has 14 heavy (non-hydrogen) atoms. The van der Waals surface area contributed by atoms with Crippen molar-refractivity contribution in [1.29, 1.82) is 5.26 Å². The Hall–Kier alpha value is -0.850. The molecule has 0 bridgehead atoms. The largest absolute Gasteiger partial charge is 0.295 e. The lowest BCUT2D eigenvalue weighted by molar-refractivity contribution is 0.541. The number of nitriles is 1. The third-order valence-corrected chi connectivity index (χ3v) is 2.79. The summed E-state index contributed by atoms with van der Waals surface area (Å²) >= 11 is 3.49. The maximum atomic E-state index is 8.68. The minimum absolute atomic E-state index is 0.128. The molecule has 2 nitrogen and oxygen atoms in total. The second-order valence-corrected chi connectivity index (χ2v) is 4.11. The molecule has 0 aliphatic rings. The zero-order chi connectivity index (χ0) is 10.6. The number of halogens is 1. The molecule has 1 N–H and O–H groups in total. The summed E-state index contributed by atoms with van der Waals surface area (Å²) in [6.45, 7) is 3.90. The summed E-state index contributed by atoms with van der Waals surface area (Å²) in [7, 11) is 0. The fraction of sp³-hybridized carbons (Fsp3) is 0.364.